The quantitative estimate of drug-likeness (QED) is 0.747. The van der Waals surface area contributed by atoms with Gasteiger partial charge < -0.3 is 20.9 Å². The molecule has 0 saturated heterocycles. The number of rotatable bonds is 6. The predicted octanol–water partition coefficient (Wildman–Crippen LogP) is 1.76. The Morgan fingerprint density at radius 1 is 1.23 bits per heavy atom. The second kappa shape index (κ2) is 7.72. The first-order valence-electron chi connectivity index (χ1n) is 7.58. The lowest BCUT2D eigenvalue weighted by atomic mass is 10.0. The molecule has 4 atom stereocenters. The molecule has 124 valence electrons. The molecule has 0 saturated carbocycles. The SMILES string of the molecule is C[C@@H](NC(=O)[C@@H](N)[C@@H](C)OC(C)(C)C)[C@@H](O)c1ccccc1. The van der Waals surface area contributed by atoms with Gasteiger partial charge in [-0.1, -0.05) is 30.3 Å². The van der Waals surface area contributed by atoms with E-state index < -0.39 is 24.3 Å². The molecule has 5 heteroatoms. The predicted molar refractivity (Wildman–Crippen MR) is 87.3 cm³/mol. The van der Waals surface area contributed by atoms with Gasteiger partial charge in [-0.2, -0.15) is 0 Å². The zero-order chi connectivity index (χ0) is 16.9. The van der Waals surface area contributed by atoms with E-state index >= 15 is 0 Å². The minimum Gasteiger partial charge on any atom is -0.386 e. The monoisotopic (exact) mass is 308 g/mol. The van der Waals surface area contributed by atoms with Crippen LogP contribution in [0, 0.1) is 0 Å². The van der Waals surface area contributed by atoms with E-state index in [-0.39, 0.29) is 11.5 Å². The Kier molecular flexibility index (Phi) is 6.53. The molecule has 0 bridgehead atoms. The van der Waals surface area contributed by atoms with Crippen LogP contribution >= 0.6 is 0 Å². The van der Waals surface area contributed by atoms with Crippen LogP contribution in [-0.4, -0.2) is 34.8 Å². The molecule has 22 heavy (non-hydrogen) atoms. The normalized spacial score (nSPS) is 17.4. The zero-order valence-corrected chi connectivity index (χ0v) is 14.0. The molecule has 1 rings (SSSR count). The summed E-state index contributed by atoms with van der Waals surface area (Å²) in [6, 6.07) is 7.97. The van der Waals surface area contributed by atoms with Crippen molar-refractivity contribution in [2.45, 2.75) is 64.5 Å². The molecule has 1 aromatic carbocycles. The number of nitrogens with one attached hydrogen (secondary N) is 1. The Hall–Kier alpha value is -1.43. The van der Waals surface area contributed by atoms with Crippen LogP contribution in [0.25, 0.3) is 0 Å². The number of hydrogen-bond donors (Lipinski definition) is 3. The summed E-state index contributed by atoms with van der Waals surface area (Å²) in [5, 5.41) is 13.0. The molecule has 0 fully saturated rings. The van der Waals surface area contributed by atoms with E-state index in [1.54, 1.807) is 13.8 Å². The van der Waals surface area contributed by atoms with E-state index in [1.165, 1.54) is 0 Å². The largest absolute Gasteiger partial charge is 0.386 e. The second-order valence-corrected chi connectivity index (χ2v) is 6.61. The lowest BCUT2D eigenvalue weighted by Gasteiger charge is -2.29. The molecule has 0 spiro atoms. The minimum absolute atomic E-state index is 0.334. The Balaban J connectivity index is 2.60. The number of amides is 1. The van der Waals surface area contributed by atoms with Crippen LogP contribution in [0.1, 0.15) is 46.3 Å². The highest BCUT2D eigenvalue weighted by molar-refractivity contribution is 5.82. The Morgan fingerprint density at radius 2 is 1.77 bits per heavy atom. The molecule has 0 aliphatic heterocycles. The maximum absolute atomic E-state index is 12.2. The van der Waals surface area contributed by atoms with Crippen molar-refractivity contribution in [3.8, 4) is 0 Å². The molecule has 0 aromatic heterocycles. The third kappa shape index (κ3) is 5.75. The summed E-state index contributed by atoms with van der Waals surface area (Å²) in [5.74, 6) is -0.334. The van der Waals surface area contributed by atoms with Gasteiger partial charge >= 0.3 is 0 Å². The van der Waals surface area contributed by atoms with Gasteiger partial charge in [0.2, 0.25) is 5.91 Å². The average Bonchev–Trinajstić information content (AvgIpc) is 2.44. The number of hydrogen-bond acceptors (Lipinski definition) is 4. The third-order valence-corrected chi connectivity index (χ3v) is 3.33. The first kappa shape index (κ1) is 18.6. The van der Waals surface area contributed by atoms with E-state index in [9.17, 15) is 9.90 Å². The molecule has 4 N–H and O–H groups in total. The van der Waals surface area contributed by atoms with Crippen molar-refractivity contribution >= 4 is 5.91 Å². The number of nitrogens with two attached hydrogens (primary N) is 1. The lowest BCUT2D eigenvalue weighted by Crippen LogP contribution is -2.52. The second-order valence-electron chi connectivity index (χ2n) is 6.61. The molecule has 0 heterocycles. The number of ether oxygens (including phenoxy) is 1. The Bertz CT molecular complexity index is 471. The van der Waals surface area contributed by atoms with E-state index in [4.69, 9.17) is 10.5 Å². The number of carbonyl (C=O) groups is 1. The van der Waals surface area contributed by atoms with E-state index in [0.29, 0.717) is 0 Å². The summed E-state index contributed by atoms with van der Waals surface area (Å²) in [4.78, 5) is 12.2. The zero-order valence-electron chi connectivity index (χ0n) is 14.0. The minimum atomic E-state index is -0.787. The Morgan fingerprint density at radius 3 is 2.27 bits per heavy atom. The molecule has 1 amide bonds. The van der Waals surface area contributed by atoms with Crippen LogP contribution in [0.5, 0.6) is 0 Å². The van der Waals surface area contributed by atoms with E-state index in [0.717, 1.165) is 5.56 Å². The smallest absolute Gasteiger partial charge is 0.239 e. The summed E-state index contributed by atoms with van der Waals surface area (Å²) < 4.78 is 5.70. The maximum Gasteiger partial charge on any atom is 0.239 e. The van der Waals surface area contributed by atoms with Gasteiger partial charge in [0.1, 0.15) is 6.04 Å². The van der Waals surface area contributed by atoms with Gasteiger partial charge in [0.25, 0.3) is 0 Å². The lowest BCUT2D eigenvalue weighted by molar-refractivity contribution is -0.130. The van der Waals surface area contributed by atoms with Crippen LogP contribution in [-0.2, 0) is 9.53 Å². The summed E-state index contributed by atoms with van der Waals surface area (Å²) in [7, 11) is 0. The van der Waals surface area contributed by atoms with Gasteiger partial charge in [-0.3, -0.25) is 4.79 Å². The molecule has 0 aliphatic carbocycles. The fraction of sp³-hybridized carbons (Fsp3) is 0.588. The van der Waals surface area contributed by atoms with Gasteiger partial charge in [-0.25, -0.2) is 0 Å². The topological polar surface area (TPSA) is 84.6 Å². The van der Waals surface area contributed by atoms with Crippen LogP contribution in [0.4, 0.5) is 0 Å². The van der Waals surface area contributed by atoms with Gasteiger partial charge in [0.15, 0.2) is 0 Å². The molecule has 5 nitrogen and oxygen atoms in total. The molecular formula is C17H28N2O3. The van der Waals surface area contributed by atoms with Gasteiger partial charge in [0, 0.05) is 0 Å². The highest BCUT2D eigenvalue weighted by atomic mass is 16.5. The number of aliphatic hydroxyl groups is 1. The van der Waals surface area contributed by atoms with Crippen LogP contribution in [0.3, 0.4) is 0 Å². The van der Waals surface area contributed by atoms with Crippen molar-refractivity contribution < 1.29 is 14.6 Å². The summed E-state index contributed by atoms with van der Waals surface area (Å²) >= 11 is 0. The summed E-state index contributed by atoms with van der Waals surface area (Å²) in [6.07, 6.45) is -1.20. The van der Waals surface area contributed by atoms with Crippen molar-refractivity contribution in [2.75, 3.05) is 0 Å². The molecule has 0 unspecified atom stereocenters. The van der Waals surface area contributed by atoms with Crippen LogP contribution < -0.4 is 11.1 Å². The van der Waals surface area contributed by atoms with Crippen molar-refractivity contribution in [1.29, 1.82) is 0 Å². The van der Waals surface area contributed by atoms with Crippen molar-refractivity contribution in [2.24, 2.45) is 5.73 Å². The van der Waals surface area contributed by atoms with E-state index in [2.05, 4.69) is 5.32 Å². The Labute approximate surface area is 132 Å². The van der Waals surface area contributed by atoms with Gasteiger partial charge in [-0.15, -0.1) is 0 Å². The van der Waals surface area contributed by atoms with Crippen molar-refractivity contribution in [3.63, 3.8) is 0 Å². The number of carbonyl (C=O) groups excluding carboxylic acids is 1. The van der Waals surface area contributed by atoms with Crippen LogP contribution in [0.2, 0.25) is 0 Å². The maximum atomic E-state index is 12.2. The third-order valence-electron chi connectivity index (χ3n) is 3.33. The summed E-state index contributed by atoms with van der Waals surface area (Å²) in [5.41, 5.74) is 6.32. The van der Waals surface area contributed by atoms with Crippen LogP contribution in [0.15, 0.2) is 30.3 Å². The average molecular weight is 308 g/mol. The molecule has 0 aliphatic rings. The fourth-order valence-corrected chi connectivity index (χ4v) is 2.18. The summed E-state index contributed by atoms with van der Waals surface area (Å²) in [6.45, 7) is 9.26. The first-order valence-corrected chi connectivity index (χ1v) is 7.58. The standard InChI is InChI=1S/C17H28N2O3/c1-11(15(20)13-9-7-6-8-10-13)19-16(21)14(18)12(2)22-17(3,4)5/h6-12,14-15,20H,18H2,1-5H3,(H,19,21)/t11-,12-,14+,15-/m1/s1. The van der Waals surface area contributed by atoms with Crippen molar-refractivity contribution in [3.05, 3.63) is 35.9 Å². The molecular weight excluding hydrogens is 280 g/mol. The van der Waals surface area contributed by atoms with Gasteiger partial charge in [0.05, 0.1) is 23.9 Å². The first-order chi connectivity index (χ1) is 10.1. The highest BCUT2D eigenvalue weighted by Crippen LogP contribution is 2.17. The molecule has 0 radical (unpaired) electrons. The highest BCUT2D eigenvalue weighted by Gasteiger charge is 2.28. The molecule has 1 aromatic rings. The van der Waals surface area contributed by atoms with E-state index in [1.807, 2.05) is 51.1 Å². The van der Waals surface area contributed by atoms with Gasteiger partial charge in [-0.05, 0) is 40.2 Å². The fourth-order valence-electron chi connectivity index (χ4n) is 2.18. The number of benzene rings is 1. The van der Waals surface area contributed by atoms with Crippen molar-refractivity contribution in [1.82, 2.24) is 5.32 Å². The number of aliphatic hydroxyl groups excluding tert-OH is 1.